The SMILES string of the molecule is N#Cc1cc(/C=C/C(=O)O)ccc1-n1cccn1. The van der Waals surface area contributed by atoms with Gasteiger partial charge in [0.05, 0.1) is 11.3 Å². The summed E-state index contributed by atoms with van der Waals surface area (Å²) in [7, 11) is 0. The Balaban J connectivity index is 2.42. The zero-order valence-electron chi connectivity index (χ0n) is 9.32. The molecule has 0 atom stereocenters. The predicted octanol–water partition coefficient (Wildman–Crippen LogP) is 1.84. The third-order valence-corrected chi connectivity index (χ3v) is 2.31. The largest absolute Gasteiger partial charge is 0.478 e. The van der Waals surface area contributed by atoms with E-state index < -0.39 is 5.97 Å². The van der Waals surface area contributed by atoms with E-state index in [0.29, 0.717) is 16.8 Å². The fraction of sp³-hybridized carbons (Fsp3) is 0. The van der Waals surface area contributed by atoms with Crippen LogP contribution in [-0.4, -0.2) is 20.9 Å². The highest BCUT2D eigenvalue weighted by molar-refractivity contribution is 5.85. The van der Waals surface area contributed by atoms with Crippen LogP contribution >= 0.6 is 0 Å². The van der Waals surface area contributed by atoms with Gasteiger partial charge in [-0.05, 0) is 29.8 Å². The Kier molecular flexibility index (Phi) is 3.21. The molecule has 2 aromatic rings. The molecule has 0 fully saturated rings. The first-order valence-electron chi connectivity index (χ1n) is 5.16. The van der Waals surface area contributed by atoms with Crippen molar-refractivity contribution < 1.29 is 9.90 Å². The van der Waals surface area contributed by atoms with Gasteiger partial charge in [-0.25, -0.2) is 9.48 Å². The van der Waals surface area contributed by atoms with Crippen molar-refractivity contribution in [3.8, 4) is 11.8 Å². The molecule has 88 valence electrons. The molecule has 5 nitrogen and oxygen atoms in total. The van der Waals surface area contributed by atoms with Gasteiger partial charge in [0.1, 0.15) is 6.07 Å². The standard InChI is InChI=1S/C13H9N3O2/c14-9-11-8-10(3-5-13(17)18)2-4-12(11)16-7-1-6-15-16/h1-8H,(H,17,18)/b5-3+. The number of hydrogen-bond donors (Lipinski definition) is 1. The molecule has 2 rings (SSSR count). The Morgan fingerprint density at radius 3 is 2.94 bits per heavy atom. The van der Waals surface area contributed by atoms with Gasteiger partial charge in [0.25, 0.3) is 0 Å². The van der Waals surface area contributed by atoms with Crippen molar-refractivity contribution in [2.24, 2.45) is 0 Å². The fourth-order valence-electron chi connectivity index (χ4n) is 1.53. The highest BCUT2D eigenvalue weighted by atomic mass is 16.4. The van der Waals surface area contributed by atoms with E-state index in [2.05, 4.69) is 11.2 Å². The Bertz CT molecular complexity index is 637. The van der Waals surface area contributed by atoms with Gasteiger partial charge in [0.15, 0.2) is 0 Å². The first-order valence-corrected chi connectivity index (χ1v) is 5.16. The minimum Gasteiger partial charge on any atom is -0.478 e. The fourth-order valence-corrected chi connectivity index (χ4v) is 1.53. The van der Waals surface area contributed by atoms with Crippen LogP contribution in [0.4, 0.5) is 0 Å². The molecule has 18 heavy (non-hydrogen) atoms. The summed E-state index contributed by atoms with van der Waals surface area (Å²) in [5.41, 5.74) is 1.76. The van der Waals surface area contributed by atoms with Gasteiger partial charge in [-0.1, -0.05) is 6.07 Å². The summed E-state index contributed by atoms with van der Waals surface area (Å²) >= 11 is 0. The number of nitrogens with zero attached hydrogens (tertiary/aromatic N) is 3. The highest BCUT2D eigenvalue weighted by Gasteiger charge is 2.04. The smallest absolute Gasteiger partial charge is 0.328 e. The molecule has 1 aromatic carbocycles. The first kappa shape index (κ1) is 11.6. The van der Waals surface area contributed by atoms with E-state index in [0.717, 1.165) is 6.08 Å². The van der Waals surface area contributed by atoms with Crippen LogP contribution in [0.2, 0.25) is 0 Å². The van der Waals surface area contributed by atoms with Crippen LogP contribution in [0.15, 0.2) is 42.7 Å². The molecule has 0 bridgehead atoms. The van der Waals surface area contributed by atoms with E-state index >= 15 is 0 Å². The zero-order chi connectivity index (χ0) is 13.0. The van der Waals surface area contributed by atoms with Gasteiger partial charge >= 0.3 is 5.97 Å². The highest BCUT2D eigenvalue weighted by Crippen LogP contribution is 2.16. The second-order valence-corrected chi connectivity index (χ2v) is 3.51. The second-order valence-electron chi connectivity index (χ2n) is 3.51. The Labute approximate surface area is 103 Å². The van der Waals surface area contributed by atoms with Gasteiger partial charge in [-0.2, -0.15) is 10.4 Å². The van der Waals surface area contributed by atoms with Crippen molar-refractivity contribution in [1.82, 2.24) is 9.78 Å². The summed E-state index contributed by atoms with van der Waals surface area (Å²) in [6, 6.07) is 8.92. The van der Waals surface area contributed by atoms with Crippen LogP contribution in [0.3, 0.4) is 0 Å². The lowest BCUT2D eigenvalue weighted by molar-refractivity contribution is -0.131. The number of rotatable bonds is 3. The van der Waals surface area contributed by atoms with Gasteiger partial charge in [-0.15, -0.1) is 0 Å². The number of hydrogen-bond acceptors (Lipinski definition) is 3. The molecular weight excluding hydrogens is 230 g/mol. The number of carboxylic acids is 1. The molecule has 5 heteroatoms. The van der Waals surface area contributed by atoms with Crippen LogP contribution < -0.4 is 0 Å². The van der Waals surface area contributed by atoms with Gasteiger partial charge in [-0.3, -0.25) is 0 Å². The van der Waals surface area contributed by atoms with Gasteiger partial charge in [0.2, 0.25) is 0 Å². The summed E-state index contributed by atoms with van der Waals surface area (Å²) < 4.78 is 1.59. The van der Waals surface area contributed by atoms with Crippen LogP contribution in [0.1, 0.15) is 11.1 Å². The molecule has 0 unspecified atom stereocenters. The maximum atomic E-state index is 10.4. The molecule has 0 aliphatic carbocycles. The molecule has 0 radical (unpaired) electrons. The van der Waals surface area contributed by atoms with Crippen molar-refractivity contribution >= 4 is 12.0 Å². The second kappa shape index (κ2) is 4.97. The average Bonchev–Trinajstić information content (AvgIpc) is 2.89. The molecule has 0 saturated heterocycles. The van der Waals surface area contributed by atoms with E-state index in [1.807, 2.05) is 0 Å². The molecule has 1 N–H and O–H groups in total. The molecular formula is C13H9N3O2. The van der Waals surface area contributed by atoms with E-state index in [1.165, 1.54) is 6.08 Å². The summed E-state index contributed by atoms with van der Waals surface area (Å²) in [4.78, 5) is 10.4. The van der Waals surface area contributed by atoms with Crippen LogP contribution in [0, 0.1) is 11.3 Å². The average molecular weight is 239 g/mol. The van der Waals surface area contributed by atoms with Crippen LogP contribution in [0.25, 0.3) is 11.8 Å². The van der Waals surface area contributed by atoms with Gasteiger partial charge in [0, 0.05) is 18.5 Å². The lowest BCUT2D eigenvalue weighted by atomic mass is 10.1. The Hall–Kier alpha value is -2.87. The zero-order valence-corrected chi connectivity index (χ0v) is 9.32. The van der Waals surface area contributed by atoms with E-state index in [4.69, 9.17) is 10.4 Å². The van der Waals surface area contributed by atoms with Crippen molar-refractivity contribution in [2.75, 3.05) is 0 Å². The molecule has 1 aromatic heterocycles. The maximum Gasteiger partial charge on any atom is 0.328 e. The third-order valence-electron chi connectivity index (χ3n) is 2.31. The quantitative estimate of drug-likeness (QED) is 0.829. The molecule has 0 spiro atoms. The number of aliphatic carboxylic acids is 1. The number of carbonyl (C=O) groups is 1. The van der Waals surface area contributed by atoms with E-state index in [9.17, 15) is 4.79 Å². The van der Waals surface area contributed by atoms with Gasteiger partial charge < -0.3 is 5.11 Å². The van der Waals surface area contributed by atoms with E-state index in [1.54, 1.807) is 41.3 Å². The lowest BCUT2D eigenvalue weighted by Gasteiger charge is -2.04. The molecule has 0 aliphatic heterocycles. The molecule has 1 heterocycles. The number of benzene rings is 1. The Morgan fingerprint density at radius 2 is 2.33 bits per heavy atom. The van der Waals surface area contributed by atoms with E-state index in [-0.39, 0.29) is 0 Å². The Morgan fingerprint density at radius 1 is 1.50 bits per heavy atom. The third kappa shape index (κ3) is 2.44. The summed E-state index contributed by atoms with van der Waals surface area (Å²) in [5.74, 6) is -1.02. The summed E-state index contributed by atoms with van der Waals surface area (Å²) in [6.07, 6.45) is 5.84. The number of nitriles is 1. The minimum absolute atomic E-state index is 0.436. The van der Waals surface area contributed by atoms with Crippen molar-refractivity contribution in [3.05, 3.63) is 53.9 Å². The van der Waals surface area contributed by atoms with Crippen molar-refractivity contribution in [2.45, 2.75) is 0 Å². The van der Waals surface area contributed by atoms with Crippen LogP contribution in [-0.2, 0) is 4.79 Å². The predicted molar refractivity (Wildman–Crippen MR) is 64.9 cm³/mol. The molecule has 0 saturated carbocycles. The maximum absolute atomic E-state index is 10.4. The topological polar surface area (TPSA) is 78.9 Å². The normalized spacial score (nSPS) is 10.4. The minimum atomic E-state index is -1.02. The first-order chi connectivity index (χ1) is 8.70. The monoisotopic (exact) mass is 239 g/mol. The van der Waals surface area contributed by atoms with Crippen molar-refractivity contribution in [3.63, 3.8) is 0 Å². The summed E-state index contributed by atoms with van der Waals surface area (Å²) in [6.45, 7) is 0. The number of carboxylic acid groups (broad SMARTS) is 1. The number of aromatic nitrogens is 2. The van der Waals surface area contributed by atoms with Crippen LogP contribution in [0.5, 0.6) is 0 Å². The molecule has 0 aliphatic rings. The molecule has 0 amide bonds. The van der Waals surface area contributed by atoms with Crippen molar-refractivity contribution in [1.29, 1.82) is 5.26 Å². The summed E-state index contributed by atoms with van der Waals surface area (Å²) in [5, 5.41) is 21.7. The lowest BCUT2D eigenvalue weighted by Crippen LogP contribution is -1.98.